The Morgan fingerprint density at radius 1 is 1.56 bits per heavy atom. The molecule has 1 aromatic rings. The Balaban J connectivity index is 1.95. The molecular formula is C10H9N5O3. The molecule has 1 saturated heterocycles. The van der Waals surface area contributed by atoms with Crippen LogP contribution in [0.3, 0.4) is 0 Å². The highest BCUT2D eigenvalue weighted by Gasteiger charge is 2.39. The summed E-state index contributed by atoms with van der Waals surface area (Å²) < 4.78 is 4.79. The molecule has 18 heavy (non-hydrogen) atoms. The number of carbonyl (C=O) groups is 2. The van der Waals surface area contributed by atoms with Crippen molar-refractivity contribution in [1.82, 2.24) is 20.4 Å². The van der Waals surface area contributed by atoms with E-state index in [1.54, 1.807) is 0 Å². The SMILES string of the molecule is COc1ccc(C(=O)NC(=O)N2CC2C#N)nn1. The molecule has 0 saturated carbocycles. The summed E-state index contributed by atoms with van der Waals surface area (Å²) in [6, 6.07) is 3.70. The maximum Gasteiger partial charge on any atom is 0.325 e. The van der Waals surface area contributed by atoms with Crippen molar-refractivity contribution in [2.75, 3.05) is 13.7 Å². The first-order chi connectivity index (χ1) is 8.65. The van der Waals surface area contributed by atoms with Gasteiger partial charge < -0.3 is 9.64 Å². The number of aromatic nitrogens is 2. The number of ether oxygens (including phenoxy) is 1. The van der Waals surface area contributed by atoms with E-state index in [1.165, 1.54) is 24.1 Å². The van der Waals surface area contributed by atoms with Crippen LogP contribution in [0.25, 0.3) is 0 Å². The molecule has 0 spiro atoms. The number of imide groups is 1. The van der Waals surface area contributed by atoms with Crippen LogP contribution in [0.1, 0.15) is 10.5 Å². The van der Waals surface area contributed by atoms with E-state index in [9.17, 15) is 9.59 Å². The van der Waals surface area contributed by atoms with Gasteiger partial charge in [0.2, 0.25) is 5.88 Å². The number of nitriles is 1. The number of hydrogen-bond acceptors (Lipinski definition) is 6. The molecule has 3 amide bonds. The van der Waals surface area contributed by atoms with Gasteiger partial charge in [0.1, 0.15) is 6.04 Å². The molecule has 1 atom stereocenters. The van der Waals surface area contributed by atoms with E-state index in [4.69, 9.17) is 10.00 Å². The van der Waals surface area contributed by atoms with Crippen molar-refractivity contribution in [3.8, 4) is 11.9 Å². The van der Waals surface area contributed by atoms with Crippen molar-refractivity contribution in [3.63, 3.8) is 0 Å². The van der Waals surface area contributed by atoms with Crippen molar-refractivity contribution in [3.05, 3.63) is 17.8 Å². The van der Waals surface area contributed by atoms with Crippen molar-refractivity contribution in [1.29, 1.82) is 5.26 Å². The minimum atomic E-state index is -0.668. The highest BCUT2D eigenvalue weighted by atomic mass is 16.5. The molecular weight excluding hydrogens is 238 g/mol. The Labute approximate surface area is 102 Å². The Kier molecular flexibility index (Phi) is 3.05. The van der Waals surface area contributed by atoms with Gasteiger partial charge in [0.15, 0.2) is 5.69 Å². The van der Waals surface area contributed by atoms with Crippen LogP contribution in [-0.2, 0) is 0 Å². The third kappa shape index (κ3) is 2.35. The van der Waals surface area contributed by atoms with Gasteiger partial charge in [0, 0.05) is 6.07 Å². The van der Waals surface area contributed by atoms with Gasteiger partial charge in [0.05, 0.1) is 19.7 Å². The molecule has 0 bridgehead atoms. The minimum absolute atomic E-state index is 0.000456. The summed E-state index contributed by atoms with van der Waals surface area (Å²) in [6.45, 7) is 0.337. The van der Waals surface area contributed by atoms with Crippen molar-refractivity contribution in [2.24, 2.45) is 0 Å². The van der Waals surface area contributed by atoms with E-state index in [2.05, 4.69) is 15.5 Å². The van der Waals surface area contributed by atoms with Crippen LogP contribution in [0.15, 0.2) is 12.1 Å². The first kappa shape index (κ1) is 11.8. The predicted molar refractivity (Wildman–Crippen MR) is 57.6 cm³/mol. The number of nitrogens with one attached hydrogen (secondary N) is 1. The van der Waals surface area contributed by atoms with Gasteiger partial charge in [-0.1, -0.05) is 0 Å². The summed E-state index contributed by atoms with van der Waals surface area (Å²) in [6.07, 6.45) is 0. The van der Waals surface area contributed by atoms with Gasteiger partial charge >= 0.3 is 6.03 Å². The van der Waals surface area contributed by atoms with Crippen LogP contribution < -0.4 is 10.1 Å². The standard InChI is InChI=1S/C10H9N5O3/c1-18-8-3-2-7(13-14-8)9(16)12-10(17)15-5-6(15)4-11/h2-3,6H,5H2,1H3,(H,12,16,17). The lowest BCUT2D eigenvalue weighted by Gasteiger charge is -2.04. The second-order valence-electron chi connectivity index (χ2n) is 3.52. The summed E-state index contributed by atoms with van der Waals surface area (Å²) in [7, 11) is 1.43. The first-order valence-electron chi connectivity index (χ1n) is 5.05. The van der Waals surface area contributed by atoms with Gasteiger partial charge in [-0.3, -0.25) is 10.1 Å². The monoisotopic (exact) mass is 247 g/mol. The molecule has 1 aliphatic rings. The highest BCUT2D eigenvalue weighted by Crippen LogP contribution is 2.15. The number of methoxy groups -OCH3 is 1. The topological polar surface area (TPSA) is 108 Å². The number of nitrogens with zero attached hydrogens (tertiary/aromatic N) is 4. The van der Waals surface area contributed by atoms with Crippen LogP contribution in [0.2, 0.25) is 0 Å². The average molecular weight is 247 g/mol. The second-order valence-corrected chi connectivity index (χ2v) is 3.52. The molecule has 0 aromatic carbocycles. The van der Waals surface area contributed by atoms with Crippen LogP contribution in [-0.4, -0.2) is 46.7 Å². The van der Waals surface area contributed by atoms with Crippen LogP contribution in [0.4, 0.5) is 4.79 Å². The van der Waals surface area contributed by atoms with Crippen molar-refractivity contribution >= 4 is 11.9 Å². The Morgan fingerprint density at radius 2 is 2.33 bits per heavy atom. The summed E-state index contributed by atoms with van der Waals surface area (Å²) in [5.41, 5.74) is -0.000456. The lowest BCUT2D eigenvalue weighted by Crippen LogP contribution is -2.35. The largest absolute Gasteiger partial charge is 0.480 e. The summed E-state index contributed by atoms with van der Waals surface area (Å²) in [4.78, 5) is 24.3. The normalized spacial score (nSPS) is 16.7. The van der Waals surface area contributed by atoms with Gasteiger partial charge in [0.25, 0.3) is 5.91 Å². The van der Waals surface area contributed by atoms with E-state index < -0.39 is 18.0 Å². The quantitative estimate of drug-likeness (QED) is 0.708. The third-order valence-corrected chi connectivity index (χ3v) is 2.32. The lowest BCUT2D eigenvalue weighted by atomic mass is 10.3. The summed E-state index contributed by atoms with van der Waals surface area (Å²) in [5, 5.41) is 17.9. The highest BCUT2D eigenvalue weighted by molar-refractivity contribution is 6.03. The number of amides is 3. The Hall–Kier alpha value is -2.69. The molecule has 1 fully saturated rings. The first-order valence-corrected chi connectivity index (χ1v) is 5.05. The molecule has 8 nitrogen and oxygen atoms in total. The molecule has 2 heterocycles. The van der Waals surface area contributed by atoms with E-state index in [0.717, 1.165) is 0 Å². The van der Waals surface area contributed by atoms with E-state index >= 15 is 0 Å². The predicted octanol–water partition coefficient (Wildman–Crippen LogP) is -0.457. The van der Waals surface area contributed by atoms with Crippen molar-refractivity contribution < 1.29 is 14.3 Å². The van der Waals surface area contributed by atoms with Gasteiger partial charge in [-0.15, -0.1) is 10.2 Å². The average Bonchev–Trinajstić information content (AvgIpc) is 3.18. The molecule has 1 unspecified atom stereocenters. The molecule has 1 N–H and O–H groups in total. The fourth-order valence-electron chi connectivity index (χ4n) is 1.26. The van der Waals surface area contributed by atoms with Gasteiger partial charge in [-0.05, 0) is 6.07 Å². The lowest BCUT2D eigenvalue weighted by molar-refractivity contribution is 0.0954. The number of urea groups is 1. The zero-order chi connectivity index (χ0) is 13.1. The summed E-state index contributed by atoms with van der Waals surface area (Å²) in [5.74, 6) is -0.396. The third-order valence-electron chi connectivity index (χ3n) is 2.32. The fourth-order valence-corrected chi connectivity index (χ4v) is 1.26. The fraction of sp³-hybridized carbons (Fsp3) is 0.300. The number of rotatable bonds is 2. The summed E-state index contributed by atoms with van der Waals surface area (Å²) >= 11 is 0. The van der Waals surface area contributed by atoms with E-state index in [1.807, 2.05) is 6.07 Å². The molecule has 2 rings (SSSR count). The van der Waals surface area contributed by atoms with Crippen LogP contribution in [0, 0.1) is 11.3 Å². The zero-order valence-electron chi connectivity index (χ0n) is 9.45. The Bertz CT molecular complexity index is 521. The molecule has 0 aliphatic carbocycles. The Morgan fingerprint density at radius 3 is 2.83 bits per heavy atom. The second kappa shape index (κ2) is 4.67. The molecule has 0 radical (unpaired) electrons. The van der Waals surface area contributed by atoms with Crippen LogP contribution >= 0.6 is 0 Å². The van der Waals surface area contributed by atoms with Gasteiger partial charge in [-0.25, -0.2) is 4.79 Å². The zero-order valence-corrected chi connectivity index (χ0v) is 9.45. The van der Waals surface area contributed by atoms with E-state index in [-0.39, 0.29) is 11.6 Å². The van der Waals surface area contributed by atoms with E-state index in [0.29, 0.717) is 6.54 Å². The van der Waals surface area contributed by atoms with Crippen LogP contribution in [0.5, 0.6) is 5.88 Å². The van der Waals surface area contributed by atoms with Crippen molar-refractivity contribution in [2.45, 2.75) is 6.04 Å². The molecule has 92 valence electrons. The maximum atomic E-state index is 11.6. The molecule has 1 aromatic heterocycles. The number of carbonyl (C=O) groups excluding carboxylic acids is 2. The maximum absolute atomic E-state index is 11.6. The minimum Gasteiger partial charge on any atom is -0.480 e. The molecule has 8 heteroatoms. The van der Waals surface area contributed by atoms with Gasteiger partial charge in [-0.2, -0.15) is 5.26 Å². The smallest absolute Gasteiger partial charge is 0.325 e. The number of hydrogen-bond donors (Lipinski definition) is 1. The molecule has 1 aliphatic heterocycles.